The van der Waals surface area contributed by atoms with Crippen molar-refractivity contribution in [1.82, 2.24) is 9.88 Å². The highest BCUT2D eigenvalue weighted by Gasteiger charge is 2.28. The smallest absolute Gasteiger partial charge is 0.355 e. The van der Waals surface area contributed by atoms with Crippen molar-refractivity contribution in [2.24, 2.45) is 11.8 Å². The molecule has 2 rings (SSSR count). The van der Waals surface area contributed by atoms with E-state index in [0.29, 0.717) is 11.8 Å². The molecule has 1 fully saturated rings. The number of carbonyl (C=O) groups excluding carboxylic acids is 1. The first kappa shape index (κ1) is 13.0. The lowest BCUT2D eigenvalue weighted by Crippen LogP contribution is -2.42. The second kappa shape index (κ2) is 5.06. The standard InChI is InChI=1S/C12H16N2O3S/c1-7-3-4-14(5-8(7)2)11(15)10-13-9(6-18-10)12(16)17/h6-8H,3-5H2,1-2H3,(H,16,17). The van der Waals surface area contributed by atoms with Crippen LogP contribution in [0.4, 0.5) is 0 Å². The molecule has 1 amide bonds. The monoisotopic (exact) mass is 268 g/mol. The van der Waals surface area contributed by atoms with Crippen LogP contribution >= 0.6 is 11.3 Å². The maximum absolute atomic E-state index is 12.2. The summed E-state index contributed by atoms with van der Waals surface area (Å²) in [5, 5.41) is 10.5. The number of aromatic carboxylic acids is 1. The van der Waals surface area contributed by atoms with Crippen molar-refractivity contribution in [3.8, 4) is 0 Å². The van der Waals surface area contributed by atoms with Gasteiger partial charge in [0.2, 0.25) is 0 Å². The minimum atomic E-state index is -1.09. The Kier molecular flexibility index (Phi) is 3.65. The number of rotatable bonds is 2. The van der Waals surface area contributed by atoms with E-state index in [-0.39, 0.29) is 16.6 Å². The molecule has 0 radical (unpaired) electrons. The molecule has 2 unspecified atom stereocenters. The van der Waals surface area contributed by atoms with Gasteiger partial charge >= 0.3 is 5.97 Å². The first-order chi connectivity index (χ1) is 8.49. The molecule has 1 N–H and O–H groups in total. The largest absolute Gasteiger partial charge is 0.476 e. The van der Waals surface area contributed by atoms with Crippen LogP contribution in [-0.4, -0.2) is 40.0 Å². The Balaban J connectivity index is 2.09. The predicted molar refractivity (Wildman–Crippen MR) is 67.9 cm³/mol. The molecule has 2 heterocycles. The van der Waals surface area contributed by atoms with Crippen molar-refractivity contribution in [1.29, 1.82) is 0 Å². The van der Waals surface area contributed by atoms with Gasteiger partial charge in [-0.2, -0.15) is 0 Å². The normalized spacial score (nSPS) is 24.0. The lowest BCUT2D eigenvalue weighted by Gasteiger charge is -2.34. The molecule has 1 aliphatic heterocycles. The van der Waals surface area contributed by atoms with Crippen LogP contribution in [0, 0.1) is 11.8 Å². The molecule has 0 spiro atoms. The van der Waals surface area contributed by atoms with Gasteiger partial charge in [0.1, 0.15) is 0 Å². The van der Waals surface area contributed by atoms with Crippen LogP contribution in [0.5, 0.6) is 0 Å². The number of thiazole rings is 1. The molecule has 0 aromatic carbocycles. The summed E-state index contributed by atoms with van der Waals surface area (Å²) in [6, 6.07) is 0. The van der Waals surface area contributed by atoms with E-state index in [1.165, 1.54) is 5.38 Å². The van der Waals surface area contributed by atoms with Gasteiger partial charge in [0.25, 0.3) is 5.91 Å². The Morgan fingerprint density at radius 3 is 2.72 bits per heavy atom. The van der Waals surface area contributed by atoms with E-state index in [9.17, 15) is 9.59 Å². The third kappa shape index (κ3) is 2.53. The Bertz CT molecular complexity index is 472. The second-order valence-electron chi connectivity index (χ2n) is 4.84. The molecule has 1 aromatic rings. The number of nitrogens with zero attached hydrogens (tertiary/aromatic N) is 2. The number of likely N-dealkylation sites (tertiary alicyclic amines) is 1. The van der Waals surface area contributed by atoms with Gasteiger partial charge < -0.3 is 10.0 Å². The van der Waals surface area contributed by atoms with E-state index >= 15 is 0 Å². The molecular weight excluding hydrogens is 252 g/mol. The van der Waals surface area contributed by atoms with E-state index in [2.05, 4.69) is 18.8 Å². The number of hydrogen-bond donors (Lipinski definition) is 1. The van der Waals surface area contributed by atoms with Crippen molar-refractivity contribution in [2.75, 3.05) is 13.1 Å². The molecule has 98 valence electrons. The zero-order valence-electron chi connectivity index (χ0n) is 10.4. The average Bonchev–Trinajstić information content (AvgIpc) is 2.81. The lowest BCUT2D eigenvalue weighted by molar-refractivity contribution is 0.0627. The van der Waals surface area contributed by atoms with Gasteiger partial charge in [-0.15, -0.1) is 11.3 Å². The highest BCUT2D eigenvalue weighted by atomic mass is 32.1. The minimum absolute atomic E-state index is 0.0539. The number of amides is 1. The van der Waals surface area contributed by atoms with Crippen LogP contribution in [0.3, 0.4) is 0 Å². The SMILES string of the molecule is CC1CCN(C(=O)c2nc(C(=O)O)cs2)CC1C. The third-order valence-corrected chi connectivity index (χ3v) is 4.36. The number of carbonyl (C=O) groups is 2. The second-order valence-corrected chi connectivity index (χ2v) is 5.70. The molecule has 1 aliphatic rings. The van der Waals surface area contributed by atoms with Crippen molar-refractivity contribution >= 4 is 23.2 Å². The van der Waals surface area contributed by atoms with Crippen LogP contribution in [0.1, 0.15) is 40.6 Å². The summed E-state index contributed by atoms with van der Waals surface area (Å²) < 4.78 is 0. The van der Waals surface area contributed by atoms with Gasteiger partial charge in [-0.1, -0.05) is 13.8 Å². The fourth-order valence-corrected chi connectivity index (χ4v) is 2.81. The molecular formula is C12H16N2O3S. The molecule has 0 bridgehead atoms. The van der Waals surface area contributed by atoms with Crippen molar-refractivity contribution in [2.45, 2.75) is 20.3 Å². The summed E-state index contributed by atoms with van der Waals surface area (Å²) in [5.41, 5.74) is -0.0539. The van der Waals surface area contributed by atoms with Crippen LogP contribution in [0.25, 0.3) is 0 Å². The maximum Gasteiger partial charge on any atom is 0.355 e. The highest BCUT2D eigenvalue weighted by molar-refractivity contribution is 7.11. The van der Waals surface area contributed by atoms with Gasteiger partial charge in [0.05, 0.1) is 0 Å². The quantitative estimate of drug-likeness (QED) is 0.890. The zero-order chi connectivity index (χ0) is 13.3. The summed E-state index contributed by atoms with van der Waals surface area (Å²) in [6.45, 7) is 5.78. The highest BCUT2D eigenvalue weighted by Crippen LogP contribution is 2.24. The van der Waals surface area contributed by atoms with Gasteiger partial charge in [0, 0.05) is 18.5 Å². The number of aromatic nitrogens is 1. The van der Waals surface area contributed by atoms with E-state index < -0.39 is 5.97 Å². The van der Waals surface area contributed by atoms with Gasteiger partial charge in [-0.05, 0) is 18.3 Å². The summed E-state index contributed by atoms with van der Waals surface area (Å²) in [4.78, 5) is 28.5. The van der Waals surface area contributed by atoms with E-state index in [4.69, 9.17) is 5.11 Å². The topological polar surface area (TPSA) is 70.5 Å². The maximum atomic E-state index is 12.2. The molecule has 18 heavy (non-hydrogen) atoms. The fraction of sp³-hybridized carbons (Fsp3) is 0.583. The Morgan fingerprint density at radius 1 is 1.44 bits per heavy atom. The van der Waals surface area contributed by atoms with Crippen LogP contribution in [-0.2, 0) is 0 Å². The first-order valence-electron chi connectivity index (χ1n) is 5.97. The summed E-state index contributed by atoms with van der Waals surface area (Å²) >= 11 is 1.10. The molecule has 2 atom stereocenters. The van der Waals surface area contributed by atoms with Gasteiger partial charge in [-0.25, -0.2) is 9.78 Å². The fourth-order valence-electron chi connectivity index (χ4n) is 2.05. The summed E-state index contributed by atoms with van der Waals surface area (Å²) in [6.07, 6.45) is 0.990. The summed E-state index contributed by atoms with van der Waals surface area (Å²) in [7, 11) is 0. The van der Waals surface area contributed by atoms with Crippen LogP contribution in [0.15, 0.2) is 5.38 Å². The lowest BCUT2D eigenvalue weighted by atomic mass is 9.89. The van der Waals surface area contributed by atoms with Crippen LogP contribution < -0.4 is 0 Å². The first-order valence-corrected chi connectivity index (χ1v) is 6.85. The third-order valence-electron chi connectivity index (χ3n) is 3.53. The van der Waals surface area contributed by atoms with Gasteiger partial charge in [0.15, 0.2) is 10.7 Å². The van der Waals surface area contributed by atoms with Gasteiger partial charge in [-0.3, -0.25) is 4.79 Å². The van der Waals surface area contributed by atoms with Crippen molar-refractivity contribution in [3.63, 3.8) is 0 Å². The average molecular weight is 268 g/mol. The van der Waals surface area contributed by atoms with E-state index in [1.54, 1.807) is 4.90 Å². The summed E-state index contributed by atoms with van der Waals surface area (Å²) in [5.74, 6) is -0.140. The molecule has 1 saturated heterocycles. The molecule has 6 heteroatoms. The Morgan fingerprint density at radius 2 is 2.17 bits per heavy atom. The zero-order valence-corrected chi connectivity index (χ0v) is 11.2. The molecule has 1 aromatic heterocycles. The van der Waals surface area contributed by atoms with Crippen molar-refractivity contribution in [3.05, 3.63) is 16.1 Å². The number of carboxylic acids is 1. The molecule has 0 aliphatic carbocycles. The minimum Gasteiger partial charge on any atom is -0.476 e. The molecule has 5 nitrogen and oxygen atoms in total. The van der Waals surface area contributed by atoms with Crippen molar-refractivity contribution < 1.29 is 14.7 Å². The number of hydrogen-bond acceptors (Lipinski definition) is 4. The van der Waals surface area contributed by atoms with Crippen LogP contribution in [0.2, 0.25) is 0 Å². The number of carboxylic acid groups (broad SMARTS) is 1. The molecule has 0 saturated carbocycles. The Labute approximate surface area is 109 Å². The van der Waals surface area contributed by atoms with E-state index in [0.717, 1.165) is 30.8 Å². The van der Waals surface area contributed by atoms with E-state index in [1.807, 2.05) is 0 Å². The predicted octanol–water partition coefficient (Wildman–Crippen LogP) is 1.96. The number of piperidine rings is 1. The Hall–Kier alpha value is -1.43.